The zero-order chi connectivity index (χ0) is 19.1. The van der Waals surface area contributed by atoms with E-state index in [2.05, 4.69) is 5.32 Å². The number of carbonyl (C=O) groups excluding carboxylic acids is 1. The van der Waals surface area contributed by atoms with Gasteiger partial charge >= 0.3 is 11.1 Å². The molecule has 0 unspecified atom stereocenters. The normalized spacial score (nSPS) is 11.9. The molecular weight excluding hydrogens is 346 g/mol. The summed E-state index contributed by atoms with van der Waals surface area (Å²) in [6.07, 6.45) is 0.172. The second-order valence-corrected chi connectivity index (χ2v) is 8.53. The maximum absolute atomic E-state index is 12.7. The fraction of sp³-hybridized carbons (Fsp3) is 0.438. The molecule has 0 saturated heterocycles. The Labute approximate surface area is 145 Å². The number of benzene rings is 1. The van der Waals surface area contributed by atoms with Gasteiger partial charge in [-0.05, 0) is 26.0 Å². The van der Waals surface area contributed by atoms with Crippen LogP contribution in [0.5, 0.6) is 0 Å². The van der Waals surface area contributed by atoms with Crippen molar-refractivity contribution in [3.05, 3.63) is 32.8 Å². The van der Waals surface area contributed by atoms with E-state index in [1.54, 1.807) is 6.92 Å². The Kier molecular flexibility index (Phi) is 4.90. The van der Waals surface area contributed by atoms with E-state index in [0.29, 0.717) is 11.0 Å². The molecule has 1 N–H and O–H groups in total. The summed E-state index contributed by atoms with van der Waals surface area (Å²) in [6.45, 7) is 4.71. The van der Waals surface area contributed by atoms with Crippen molar-refractivity contribution in [2.45, 2.75) is 37.3 Å². The molecule has 8 nitrogen and oxygen atoms in total. The first-order valence-electron chi connectivity index (χ1n) is 7.79. The van der Waals surface area contributed by atoms with Gasteiger partial charge in [-0.3, -0.25) is 14.4 Å². The van der Waals surface area contributed by atoms with Gasteiger partial charge in [0.2, 0.25) is 5.91 Å². The number of anilines is 1. The largest absolute Gasteiger partial charge is 0.325 e. The monoisotopic (exact) mass is 367 g/mol. The van der Waals surface area contributed by atoms with Crippen LogP contribution in [-0.4, -0.2) is 28.7 Å². The number of aromatic nitrogens is 2. The smallest absolute Gasteiger partial charge is 0.316 e. The van der Waals surface area contributed by atoms with Gasteiger partial charge in [0, 0.05) is 20.5 Å². The van der Waals surface area contributed by atoms with Gasteiger partial charge in [0.05, 0.1) is 26.9 Å². The fourth-order valence-corrected chi connectivity index (χ4v) is 3.63. The third-order valence-electron chi connectivity index (χ3n) is 4.11. The summed E-state index contributed by atoms with van der Waals surface area (Å²) in [5.74, 6) is -0.352. The summed E-state index contributed by atoms with van der Waals surface area (Å²) < 4.78 is 27.7. The topological polar surface area (TPSA) is 107 Å². The molecular formula is C16H21N3O5S. The number of fused-ring (bicyclic) bond motifs is 1. The predicted molar refractivity (Wildman–Crippen MR) is 95.7 cm³/mol. The molecule has 25 heavy (non-hydrogen) atoms. The molecule has 0 atom stereocenters. The zero-order valence-corrected chi connectivity index (χ0v) is 15.6. The molecule has 0 radical (unpaired) electrons. The minimum Gasteiger partial charge on any atom is -0.325 e. The van der Waals surface area contributed by atoms with Crippen molar-refractivity contribution in [3.63, 3.8) is 0 Å². The Bertz CT molecular complexity index is 1080. The van der Waals surface area contributed by atoms with E-state index in [9.17, 15) is 22.8 Å². The molecule has 0 spiro atoms. The van der Waals surface area contributed by atoms with Gasteiger partial charge in [0.1, 0.15) is 0 Å². The number of nitrogens with one attached hydrogen (secondary N) is 1. The van der Waals surface area contributed by atoms with Crippen LogP contribution in [0.3, 0.4) is 0 Å². The van der Waals surface area contributed by atoms with Gasteiger partial charge in [-0.25, -0.2) is 8.42 Å². The Morgan fingerprint density at radius 1 is 1.08 bits per heavy atom. The van der Waals surface area contributed by atoms with E-state index in [4.69, 9.17) is 0 Å². The number of amides is 1. The van der Waals surface area contributed by atoms with Gasteiger partial charge in [-0.2, -0.15) is 0 Å². The fourth-order valence-electron chi connectivity index (χ4n) is 2.43. The number of rotatable bonds is 4. The Morgan fingerprint density at radius 3 is 2.00 bits per heavy atom. The van der Waals surface area contributed by atoms with E-state index < -0.39 is 26.2 Å². The average molecular weight is 367 g/mol. The molecule has 2 aromatic rings. The lowest BCUT2D eigenvalue weighted by Crippen LogP contribution is -2.39. The number of hydrogen-bond acceptors (Lipinski definition) is 5. The molecule has 1 amide bonds. The van der Waals surface area contributed by atoms with Crippen LogP contribution in [0.15, 0.2) is 26.6 Å². The maximum atomic E-state index is 12.7. The van der Waals surface area contributed by atoms with Crippen LogP contribution in [0.4, 0.5) is 5.69 Å². The quantitative estimate of drug-likeness (QED) is 0.803. The minimum atomic E-state index is -3.72. The van der Waals surface area contributed by atoms with Crippen molar-refractivity contribution < 1.29 is 13.2 Å². The number of sulfone groups is 1. The SMILES string of the molecule is CCC(=O)Nc1cc2c(cc1S(=O)(=O)C(C)C)n(C)c(=O)c(=O)n2C. The number of nitrogens with zero attached hydrogens (tertiary/aromatic N) is 2. The van der Waals surface area contributed by atoms with Crippen LogP contribution < -0.4 is 16.4 Å². The van der Waals surface area contributed by atoms with E-state index >= 15 is 0 Å². The second kappa shape index (κ2) is 6.47. The summed E-state index contributed by atoms with van der Waals surface area (Å²) >= 11 is 0. The molecule has 0 aliphatic rings. The van der Waals surface area contributed by atoms with Crippen LogP contribution in [0.1, 0.15) is 27.2 Å². The first-order valence-corrected chi connectivity index (χ1v) is 9.34. The molecule has 136 valence electrons. The van der Waals surface area contributed by atoms with Crippen molar-refractivity contribution in [2.75, 3.05) is 5.32 Å². The summed E-state index contributed by atoms with van der Waals surface area (Å²) in [5.41, 5.74) is -0.751. The molecule has 0 bridgehead atoms. The van der Waals surface area contributed by atoms with Gasteiger partial charge in [-0.15, -0.1) is 0 Å². The predicted octanol–water partition coefficient (Wildman–Crippen LogP) is 0.768. The molecule has 2 rings (SSSR count). The zero-order valence-electron chi connectivity index (χ0n) is 14.8. The highest BCUT2D eigenvalue weighted by Gasteiger charge is 2.25. The summed E-state index contributed by atoms with van der Waals surface area (Å²) in [4.78, 5) is 35.8. The first kappa shape index (κ1) is 18.9. The van der Waals surface area contributed by atoms with E-state index in [1.165, 1.54) is 40.1 Å². The Morgan fingerprint density at radius 2 is 1.56 bits per heavy atom. The van der Waals surface area contributed by atoms with Gasteiger partial charge < -0.3 is 14.5 Å². The lowest BCUT2D eigenvalue weighted by Gasteiger charge is -2.17. The second-order valence-electron chi connectivity index (χ2n) is 6.06. The first-order chi connectivity index (χ1) is 11.5. The van der Waals surface area contributed by atoms with E-state index in [1.807, 2.05) is 0 Å². The minimum absolute atomic E-state index is 0.0783. The molecule has 0 fully saturated rings. The van der Waals surface area contributed by atoms with Crippen LogP contribution in [0.2, 0.25) is 0 Å². The highest BCUT2D eigenvalue weighted by Crippen LogP contribution is 2.29. The van der Waals surface area contributed by atoms with Crippen LogP contribution >= 0.6 is 0 Å². The van der Waals surface area contributed by atoms with Crippen molar-refractivity contribution in [3.8, 4) is 0 Å². The average Bonchev–Trinajstić information content (AvgIpc) is 2.57. The molecule has 9 heteroatoms. The third kappa shape index (κ3) is 3.11. The van der Waals surface area contributed by atoms with Gasteiger partial charge in [0.25, 0.3) is 0 Å². The van der Waals surface area contributed by atoms with E-state index in [-0.39, 0.29) is 22.9 Å². The van der Waals surface area contributed by atoms with Crippen molar-refractivity contribution in [2.24, 2.45) is 14.1 Å². The van der Waals surface area contributed by atoms with Crippen molar-refractivity contribution in [1.82, 2.24) is 9.13 Å². The molecule has 0 saturated carbocycles. The number of aryl methyl sites for hydroxylation is 2. The Hall–Kier alpha value is -2.42. The highest BCUT2D eigenvalue weighted by molar-refractivity contribution is 7.92. The van der Waals surface area contributed by atoms with Crippen LogP contribution in [0, 0.1) is 0 Å². The summed E-state index contributed by atoms with van der Waals surface area (Å²) in [7, 11) is -0.893. The maximum Gasteiger partial charge on any atom is 0.316 e. The molecule has 1 heterocycles. The highest BCUT2D eigenvalue weighted by atomic mass is 32.2. The van der Waals surface area contributed by atoms with Crippen LogP contribution in [-0.2, 0) is 28.7 Å². The standard InChI is InChI=1S/C16H21N3O5S/c1-6-14(20)17-10-7-11-12(8-13(10)25(23,24)9(2)3)19(5)16(22)15(21)18(11)4/h7-9H,6H2,1-5H3,(H,17,20). The molecule has 0 aliphatic carbocycles. The number of hydrogen-bond donors (Lipinski definition) is 1. The molecule has 0 aliphatic heterocycles. The van der Waals surface area contributed by atoms with Crippen molar-refractivity contribution >= 4 is 32.5 Å². The summed E-state index contributed by atoms with van der Waals surface area (Å²) in [6, 6.07) is 2.75. The molecule has 1 aromatic carbocycles. The number of carbonyl (C=O) groups is 1. The lowest BCUT2D eigenvalue weighted by atomic mass is 10.2. The Balaban J connectivity index is 3.00. The van der Waals surface area contributed by atoms with Crippen molar-refractivity contribution in [1.29, 1.82) is 0 Å². The van der Waals surface area contributed by atoms with Gasteiger partial charge in [-0.1, -0.05) is 6.92 Å². The lowest BCUT2D eigenvalue weighted by molar-refractivity contribution is -0.115. The third-order valence-corrected chi connectivity index (χ3v) is 6.31. The van der Waals surface area contributed by atoms with Crippen LogP contribution in [0.25, 0.3) is 11.0 Å². The van der Waals surface area contributed by atoms with Gasteiger partial charge in [0.15, 0.2) is 9.84 Å². The summed E-state index contributed by atoms with van der Waals surface area (Å²) in [5, 5.41) is 1.86. The molecule has 1 aromatic heterocycles. The van der Waals surface area contributed by atoms with E-state index in [0.717, 1.165) is 9.13 Å².